The number of hydrogen-bond donors (Lipinski definition) is 0. The third-order valence-corrected chi connectivity index (χ3v) is 5.79. The summed E-state index contributed by atoms with van der Waals surface area (Å²) in [6.07, 6.45) is 3.96. The molecule has 2 amide bonds. The highest BCUT2D eigenvalue weighted by molar-refractivity contribution is 5.96. The van der Waals surface area contributed by atoms with Crippen LogP contribution in [0.1, 0.15) is 32.6 Å². The monoisotopic (exact) mass is 328 g/mol. The second-order valence-electron chi connectivity index (χ2n) is 7.39. The summed E-state index contributed by atoms with van der Waals surface area (Å²) in [6, 6.07) is 9.76. The largest absolute Gasteiger partial charge is 0.361 e. The highest BCUT2D eigenvalue weighted by Crippen LogP contribution is 2.37. The second-order valence-corrected chi connectivity index (χ2v) is 7.39. The number of piperidine rings is 1. The third kappa shape index (κ3) is 2.51. The van der Waals surface area contributed by atoms with Crippen molar-refractivity contribution in [2.45, 2.75) is 44.2 Å². The van der Waals surface area contributed by atoms with Crippen LogP contribution in [0.25, 0.3) is 0 Å². The van der Waals surface area contributed by atoms with Crippen LogP contribution in [0.5, 0.6) is 0 Å². The Kier molecular flexibility index (Phi) is 3.83. The molecule has 5 heteroatoms. The van der Waals surface area contributed by atoms with Gasteiger partial charge in [-0.2, -0.15) is 0 Å². The minimum absolute atomic E-state index is 0.00226. The van der Waals surface area contributed by atoms with Crippen LogP contribution in [-0.4, -0.2) is 48.1 Å². The molecule has 0 aromatic heterocycles. The molecule has 0 unspecified atom stereocenters. The summed E-state index contributed by atoms with van der Waals surface area (Å²) in [5.74, 6) is 0.482. The van der Waals surface area contributed by atoms with E-state index in [-0.39, 0.29) is 30.4 Å². The number of carbonyl (C=O) groups is 2. The van der Waals surface area contributed by atoms with Gasteiger partial charge in [-0.3, -0.25) is 9.59 Å². The number of ether oxygens (including phenoxy) is 1. The number of anilines is 1. The maximum atomic E-state index is 12.6. The maximum Gasteiger partial charge on any atom is 0.253 e. The Morgan fingerprint density at radius 2 is 1.96 bits per heavy atom. The highest BCUT2D eigenvalue weighted by atomic mass is 16.5. The number of morpholine rings is 1. The molecule has 2 aliphatic heterocycles. The van der Waals surface area contributed by atoms with Gasteiger partial charge in [-0.15, -0.1) is 0 Å². The lowest BCUT2D eigenvalue weighted by molar-refractivity contribution is -0.161. The summed E-state index contributed by atoms with van der Waals surface area (Å²) in [7, 11) is 0. The average molecular weight is 328 g/mol. The standard InChI is InChI=1S/C19H24N2O3/c1-19-13-20(18(23)14-6-5-7-14)11-10-16(19)21(17(22)12-24-19)15-8-3-2-4-9-15/h2-4,8-9,14,16H,5-7,10-13H2,1H3/t16-,19-/m1/s1. The number of amides is 2. The molecule has 3 aliphatic rings. The van der Waals surface area contributed by atoms with Crippen molar-refractivity contribution < 1.29 is 14.3 Å². The molecule has 2 atom stereocenters. The first-order chi connectivity index (χ1) is 11.6. The molecule has 3 fully saturated rings. The normalized spacial score (nSPS) is 30.7. The van der Waals surface area contributed by atoms with Crippen LogP contribution in [0.4, 0.5) is 5.69 Å². The van der Waals surface area contributed by atoms with Crippen molar-refractivity contribution in [2.75, 3.05) is 24.6 Å². The van der Waals surface area contributed by atoms with Gasteiger partial charge in [-0.25, -0.2) is 0 Å². The van der Waals surface area contributed by atoms with Crippen molar-refractivity contribution in [3.63, 3.8) is 0 Å². The Bertz CT molecular complexity index is 643. The number of likely N-dealkylation sites (tertiary alicyclic amines) is 1. The van der Waals surface area contributed by atoms with Gasteiger partial charge in [0.05, 0.1) is 12.6 Å². The summed E-state index contributed by atoms with van der Waals surface area (Å²) in [4.78, 5) is 28.9. The lowest BCUT2D eigenvalue weighted by Gasteiger charge is -2.53. The maximum absolute atomic E-state index is 12.6. The number of benzene rings is 1. The van der Waals surface area contributed by atoms with Crippen LogP contribution in [-0.2, 0) is 14.3 Å². The minimum Gasteiger partial charge on any atom is -0.361 e. The Morgan fingerprint density at radius 3 is 2.62 bits per heavy atom. The molecular weight excluding hydrogens is 304 g/mol. The molecule has 128 valence electrons. The molecule has 5 nitrogen and oxygen atoms in total. The third-order valence-electron chi connectivity index (χ3n) is 5.79. The van der Waals surface area contributed by atoms with Crippen LogP contribution in [0.2, 0.25) is 0 Å². The van der Waals surface area contributed by atoms with E-state index in [1.165, 1.54) is 0 Å². The van der Waals surface area contributed by atoms with Crippen LogP contribution in [0.3, 0.4) is 0 Å². The van der Waals surface area contributed by atoms with E-state index in [1.807, 2.05) is 47.1 Å². The van der Waals surface area contributed by atoms with E-state index >= 15 is 0 Å². The van der Waals surface area contributed by atoms with Gasteiger partial charge in [-0.1, -0.05) is 24.6 Å². The van der Waals surface area contributed by atoms with Gasteiger partial charge in [-0.05, 0) is 38.3 Å². The van der Waals surface area contributed by atoms with E-state index in [2.05, 4.69) is 0 Å². The number of fused-ring (bicyclic) bond motifs is 1. The van der Waals surface area contributed by atoms with Gasteiger partial charge in [0.25, 0.3) is 5.91 Å². The Labute approximate surface area is 142 Å². The number of hydrogen-bond acceptors (Lipinski definition) is 3. The predicted molar refractivity (Wildman–Crippen MR) is 90.6 cm³/mol. The molecule has 0 spiro atoms. The van der Waals surface area contributed by atoms with E-state index in [0.717, 1.165) is 31.4 Å². The molecule has 1 aromatic rings. The summed E-state index contributed by atoms with van der Waals surface area (Å²) >= 11 is 0. The Morgan fingerprint density at radius 1 is 1.21 bits per heavy atom. The molecule has 1 saturated carbocycles. The summed E-state index contributed by atoms with van der Waals surface area (Å²) in [5.41, 5.74) is 0.419. The highest BCUT2D eigenvalue weighted by Gasteiger charge is 2.50. The fourth-order valence-corrected chi connectivity index (χ4v) is 4.17. The van der Waals surface area contributed by atoms with Gasteiger partial charge in [0, 0.05) is 18.2 Å². The molecule has 24 heavy (non-hydrogen) atoms. The molecule has 0 bridgehead atoms. The molecule has 4 rings (SSSR count). The molecule has 0 N–H and O–H groups in total. The second kappa shape index (κ2) is 5.88. The number of para-hydroxylation sites is 1. The molecule has 1 aliphatic carbocycles. The lowest BCUT2D eigenvalue weighted by atomic mass is 9.81. The van der Waals surface area contributed by atoms with Crippen molar-refractivity contribution >= 4 is 17.5 Å². The van der Waals surface area contributed by atoms with Crippen LogP contribution in [0, 0.1) is 5.92 Å². The predicted octanol–water partition coefficient (Wildman–Crippen LogP) is 2.21. The number of carbonyl (C=O) groups excluding carboxylic acids is 2. The Hall–Kier alpha value is -1.88. The lowest BCUT2D eigenvalue weighted by Crippen LogP contribution is -2.68. The minimum atomic E-state index is -0.499. The average Bonchev–Trinajstić information content (AvgIpc) is 2.54. The van der Waals surface area contributed by atoms with Crippen molar-refractivity contribution in [3.8, 4) is 0 Å². The summed E-state index contributed by atoms with van der Waals surface area (Å²) in [5, 5.41) is 0. The summed E-state index contributed by atoms with van der Waals surface area (Å²) < 4.78 is 5.96. The van der Waals surface area contributed by atoms with E-state index < -0.39 is 5.60 Å². The van der Waals surface area contributed by atoms with E-state index in [9.17, 15) is 9.59 Å². The zero-order chi connectivity index (χ0) is 16.7. The SMILES string of the molecule is C[C@@]12CN(C(=O)C3CCC3)CC[C@H]1N(c1ccccc1)C(=O)CO2. The quantitative estimate of drug-likeness (QED) is 0.836. The van der Waals surface area contributed by atoms with Crippen molar-refractivity contribution in [2.24, 2.45) is 5.92 Å². The smallest absolute Gasteiger partial charge is 0.253 e. The van der Waals surface area contributed by atoms with E-state index in [0.29, 0.717) is 13.1 Å². The molecule has 2 heterocycles. The zero-order valence-corrected chi connectivity index (χ0v) is 14.1. The van der Waals surface area contributed by atoms with Crippen molar-refractivity contribution in [1.29, 1.82) is 0 Å². The van der Waals surface area contributed by atoms with Crippen LogP contribution in [0.15, 0.2) is 30.3 Å². The Balaban J connectivity index is 1.57. The fourth-order valence-electron chi connectivity index (χ4n) is 4.17. The van der Waals surface area contributed by atoms with E-state index in [1.54, 1.807) is 0 Å². The number of nitrogens with zero attached hydrogens (tertiary/aromatic N) is 2. The van der Waals surface area contributed by atoms with Crippen LogP contribution < -0.4 is 4.90 Å². The number of rotatable bonds is 2. The van der Waals surface area contributed by atoms with Gasteiger partial charge in [0.1, 0.15) is 12.2 Å². The van der Waals surface area contributed by atoms with Crippen molar-refractivity contribution in [3.05, 3.63) is 30.3 Å². The zero-order valence-electron chi connectivity index (χ0n) is 14.1. The fraction of sp³-hybridized carbons (Fsp3) is 0.579. The van der Waals surface area contributed by atoms with Gasteiger partial charge < -0.3 is 14.5 Å². The first-order valence-corrected chi connectivity index (χ1v) is 8.88. The first kappa shape index (κ1) is 15.6. The molecular formula is C19H24N2O3. The van der Waals surface area contributed by atoms with Gasteiger partial charge >= 0.3 is 0 Å². The van der Waals surface area contributed by atoms with Crippen molar-refractivity contribution in [1.82, 2.24) is 4.90 Å². The van der Waals surface area contributed by atoms with Gasteiger partial charge in [0.2, 0.25) is 5.91 Å². The van der Waals surface area contributed by atoms with Crippen LogP contribution >= 0.6 is 0 Å². The molecule has 2 saturated heterocycles. The molecule has 1 aromatic carbocycles. The summed E-state index contributed by atoms with van der Waals surface area (Å²) in [6.45, 7) is 3.40. The van der Waals surface area contributed by atoms with E-state index in [4.69, 9.17) is 4.74 Å². The molecule has 0 radical (unpaired) electrons. The van der Waals surface area contributed by atoms with Gasteiger partial charge in [0.15, 0.2) is 0 Å². The first-order valence-electron chi connectivity index (χ1n) is 8.88. The topological polar surface area (TPSA) is 49.9 Å².